The molecule has 0 aliphatic rings. The first-order valence-corrected chi connectivity index (χ1v) is 5.69. The lowest BCUT2D eigenvalue weighted by Crippen LogP contribution is -1.97. The normalized spacial score (nSPS) is 10.4. The number of rotatable bonds is 2. The summed E-state index contributed by atoms with van der Waals surface area (Å²) < 4.78 is 26.0. The van der Waals surface area contributed by atoms with Crippen LogP contribution < -0.4 is 11.1 Å². The molecule has 0 saturated carbocycles. The van der Waals surface area contributed by atoms with Gasteiger partial charge in [-0.1, -0.05) is 23.2 Å². The van der Waals surface area contributed by atoms with Crippen molar-refractivity contribution in [3.05, 3.63) is 52.0 Å². The Kier molecular flexibility index (Phi) is 3.59. The molecule has 2 aromatic carbocycles. The molecule has 6 heteroatoms. The van der Waals surface area contributed by atoms with Crippen molar-refractivity contribution in [2.24, 2.45) is 0 Å². The molecule has 0 radical (unpaired) electrons. The second-order valence-electron chi connectivity index (χ2n) is 3.64. The molecule has 94 valence electrons. The minimum atomic E-state index is -0.684. The molecule has 2 rings (SSSR count). The first-order chi connectivity index (χ1) is 8.45. The van der Waals surface area contributed by atoms with Crippen LogP contribution in [0.1, 0.15) is 0 Å². The molecule has 0 unspecified atom stereocenters. The number of hydrogen-bond acceptors (Lipinski definition) is 2. The third-order valence-corrected chi connectivity index (χ3v) is 2.96. The fourth-order valence-electron chi connectivity index (χ4n) is 1.45. The van der Waals surface area contributed by atoms with E-state index in [4.69, 9.17) is 28.9 Å². The molecule has 0 aliphatic carbocycles. The number of benzene rings is 2. The van der Waals surface area contributed by atoms with Crippen LogP contribution in [0.15, 0.2) is 30.3 Å². The highest BCUT2D eigenvalue weighted by atomic mass is 35.5. The predicted octanol–water partition coefficient (Wildman–Crippen LogP) is 4.60. The molecule has 2 aromatic rings. The molecular formula is C12H8Cl2F2N2. The van der Waals surface area contributed by atoms with Crippen LogP contribution in [0.5, 0.6) is 0 Å². The molecule has 3 N–H and O–H groups in total. The molecule has 0 spiro atoms. The number of nitrogens with one attached hydrogen (secondary N) is 1. The summed E-state index contributed by atoms with van der Waals surface area (Å²) in [7, 11) is 0. The fraction of sp³-hybridized carbons (Fsp3) is 0. The number of nitrogen functional groups attached to an aromatic ring is 1. The van der Waals surface area contributed by atoms with E-state index in [2.05, 4.69) is 5.32 Å². The first kappa shape index (κ1) is 12.9. The van der Waals surface area contributed by atoms with Crippen molar-refractivity contribution >= 4 is 40.3 Å². The van der Waals surface area contributed by atoms with Gasteiger partial charge in [-0.25, -0.2) is 8.78 Å². The Labute approximate surface area is 112 Å². The molecule has 18 heavy (non-hydrogen) atoms. The molecule has 0 fully saturated rings. The lowest BCUT2D eigenvalue weighted by Gasteiger charge is -2.11. The number of nitrogens with two attached hydrogens (primary N) is 1. The molecule has 0 saturated heterocycles. The molecule has 0 amide bonds. The summed E-state index contributed by atoms with van der Waals surface area (Å²) in [6.07, 6.45) is 0. The number of anilines is 3. The Bertz CT molecular complexity index is 583. The minimum Gasteiger partial charge on any atom is -0.397 e. The van der Waals surface area contributed by atoms with Crippen molar-refractivity contribution in [3.63, 3.8) is 0 Å². The van der Waals surface area contributed by atoms with Crippen molar-refractivity contribution < 1.29 is 8.78 Å². The molecular weight excluding hydrogens is 281 g/mol. The van der Waals surface area contributed by atoms with Crippen molar-refractivity contribution in [3.8, 4) is 0 Å². The zero-order valence-electron chi connectivity index (χ0n) is 8.98. The van der Waals surface area contributed by atoms with Gasteiger partial charge in [0.1, 0.15) is 11.6 Å². The topological polar surface area (TPSA) is 38.0 Å². The minimum absolute atomic E-state index is 0.234. The second-order valence-corrected chi connectivity index (χ2v) is 4.45. The lowest BCUT2D eigenvalue weighted by molar-refractivity contribution is 0.584. The van der Waals surface area contributed by atoms with Crippen LogP contribution in [0, 0.1) is 11.6 Å². The van der Waals surface area contributed by atoms with Gasteiger partial charge in [0.15, 0.2) is 0 Å². The van der Waals surface area contributed by atoms with Gasteiger partial charge in [-0.05, 0) is 24.3 Å². The molecule has 0 aliphatic heterocycles. The van der Waals surface area contributed by atoms with Gasteiger partial charge >= 0.3 is 0 Å². The zero-order chi connectivity index (χ0) is 13.3. The smallest absolute Gasteiger partial charge is 0.128 e. The zero-order valence-corrected chi connectivity index (χ0v) is 10.5. The number of halogens is 4. The van der Waals surface area contributed by atoms with E-state index in [-0.39, 0.29) is 5.69 Å². The van der Waals surface area contributed by atoms with Gasteiger partial charge in [-0.3, -0.25) is 0 Å². The summed E-state index contributed by atoms with van der Waals surface area (Å²) in [5.74, 6) is -1.37. The predicted molar refractivity (Wildman–Crippen MR) is 70.5 cm³/mol. The monoisotopic (exact) mass is 288 g/mol. The van der Waals surface area contributed by atoms with Gasteiger partial charge in [-0.2, -0.15) is 0 Å². The van der Waals surface area contributed by atoms with Gasteiger partial charge in [0.25, 0.3) is 0 Å². The third-order valence-electron chi connectivity index (χ3n) is 2.23. The summed E-state index contributed by atoms with van der Waals surface area (Å²) in [4.78, 5) is 0. The van der Waals surface area contributed by atoms with Crippen LogP contribution in [0.4, 0.5) is 25.8 Å². The van der Waals surface area contributed by atoms with E-state index < -0.39 is 11.6 Å². The number of hydrogen-bond donors (Lipinski definition) is 2. The average molecular weight is 289 g/mol. The fourth-order valence-corrected chi connectivity index (χ4v) is 1.79. The summed E-state index contributed by atoms with van der Waals surface area (Å²) in [5.41, 5.74) is 6.71. The average Bonchev–Trinajstić information content (AvgIpc) is 2.24. The standard InChI is InChI=1S/C12H8Cl2F2N2/c13-9-4-11(17)12(5-10(9)14)18-8-2-6(15)1-7(16)3-8/h1-5,18H,17H2. The van der Waals surface area contributed by atoms with Gasteiger partial charge in [0.05, 0.1) is 21.4 Å². The summed E-state index contributed by atoms with van der Waals surface area (Å²) in [5, 5.41) is 3.38. The summed E-state index contributed by atoms with van der Waals surface area (Å²) >= 11 is 11.6. The Morgan fingerprint density at radius 2 is 1.44 bits per heavy atom. The first-order valence-electron chi connectivity index (χ1n) is 4.93. The maximum atomic E-state index is 13.0. The third kappa shape index (κ3) is 2.83. The van der Waals surface area contributed by atoms with Crippen LogP contribution in [0.25, 0.3) is 0 Å². The SMILES string of the molecule is Nc1cc(Cl)c(Cl)cc1Nc1cc(F)cc(F)c1. The van der Waals surface area contributed by atoms with Crippen molar-refractivity contribution in [1.82, 2.24) is 0 Å². The van der Waals surface area contributed by atoms with E-state index in [1.165, 1.54) is 12.1 Å². The highest BCUT2D eigenvalue weighted by molar-refractivity contribution is 6.42. The highest BCUT2D eigenvalue weighted by Gasteiger charge is 2.07. The molecule has 2 nitrogen and oxygen atoms in total. The molecule has 0 aromatic heterocycles. The van der Waals surface area contributed by atoms with E-state index in [0.29, 0.717) is 21.4 Å². The van der Waals surface area contributed by atoms with Crippen LogP contribution in [-0.2, 0) is 0 Å². The Hall–Kier alpha value is -1.52. The van der Waals surface area contributed by atoms with E-state index in [9.17, 15) is 8.78 Å². The molecule has 0 heterocycles. The quantitative estimate of drug-likeness (QED) is 0.793. The van der Waals surface area contributed by atoms with E-state index in [1.807, 2.05) is 0 Å². The Morgan fingerprint density at radius 3 is 2.06 bits per heavy atom. The Balaban J connectivity index is 2.36. The van der Waals surface area contributed by atoms with E-state index in [0.717, 1.165) is 18.2 Å². The van der Waals surface area contributed by atoms with Gasteiger partial charge in [-0.15, -0.1) is 0 Å². The van der Waals surface area contributed by atoms with Crippen LogP contribution >= 0.6 is 23.2 Å². The van der Waals surface area contributed by atoms with Crippen LogP contribution in [0.2, 0.25) is 10.0 Å². The van der Waals surface area contributed by atoms with Gasteiger partial charge < -0.3 is 11.1 Å². The van der Waals surface area contributed by atoms with Crippen molar-refractivity contribution in [1.29, 1.82) is 0 Å². The van der Waals surface area contributed by atoms with Crippen LogP contribution in [-0.4, -0.2) is 0 Å². The van der Waals surface area contributed by atoms with Gasteiger partial charge in [0, 0.05) is 11.8 Å². The van der Waals surface area contributed by atoms with E-state index in [1.54, 1.807) is 0 Å². The van der Waals surface area contributed by atoms with E-state index >= 15 is 0 Å². The summed E-state index contributed by atoms with van der Waals surface area (Å²) in [6.45, 7) is 0. The highest BCUT2D eigenvalue weighted by Crippen LogP contribution is 2.32. The second kappa shape index (κ2) is 5.00. The van der Waals surface area contributed by atoms with Crippen molar-refractivity contribution in [2.45, 2.75) is 0 Å². The Morgan fingerprint density at radius 1 is 0.889 bits per heavy atom. The lowest BCUT2D eigenvalue weighted by atomic mass is 10.2. The molecule has 0 bridgehead atoms. The van der Waals surface area contributed by atoms with Gasteiger partial charge in [0.2, 0.25) is 0 Å². The summed E-state index contributed by atoms with van der Waals surface area (Å²) in [6, 6.07) is 6.02. The maximum absolute atomic E-state index is 13.0. The van der Waals surface area contributed by atoms with Crippen molar-refractivity contribution in [2.75, 3.05) is 11.1 Å². The maximum Gasteiger partial charge on any atom is 0.128 e. The molecule has 0 atom stereocenters. The largest absolute Gasteiger partial charge is 0.397 e. The van der Waals surface area contributed by atoms with Crippen LogP contribution in [0.3, 0.4) is 0 Å².